The third kappa shape index (κ3) is 2.64. The van der Waals surface area contributed by atoms with E-state index in [0.29, 0.717) is 5.25 Å². The molecule has 0 aliphatic carbocycles. The second-order valence-electron chi connectivity index (χ2n) is 4.14. The topological polar surface area (TPSA) is 43.8 Å². The molecule has 2 aromatic rings. The maximum absolute atomic E-state index is 5.63. The summed E-state index contributed by atoms with van der Waals surface area (Å²) in [6, 6.07) is 8.42. The van der Waals surface area contributed by atoms with Crippen molar-refractivity contribution in [1.29, 1.82) is 0 Å². The van der Waals surface area contributed by atoms with E-state index in [2.05, 4.69) is 47.9 Å². The van der Waals surface area contributed by atoms with Crippen molar-refractivity contribution in [3.05, 3.63) is 30.0 Å². The Hall–Kier alpha value is -1.00. The second kappa shape index (κ2) is 5.56. The fourth-order valence-electron chi connectivity index (χ4n) is 1.83. The van der Waals surface area contributed by atoms with Gasteiger partial charge in [-0.05, 0) is 13.0 Å². The van der Waals surface area contributed by atoms with Gasteiger partial charge in [0.25, 0.3) is 0 Å². The first-order valence-electron chi connectivity index (χ1n) is 6.02. The third-order valence-electron chi connectivity index (χ3n) is 2.87. The van der Waals surface area contributed by atoms with Crippen LogP contribution in [0.25, 0.3) is 10.9 Å². The first-order chi connectivity index (χ1) is 8.26. The van der Waals surface area contributed by atoms with Gasteiger partial charge in [-0.1, -0.05) is 25.1 Å². The van der Waals surface area contributed by atoms with Gasteiger partial charge in [0.1, 0.15) is 0 Å². The summed E-state index contributed by atoms with van der Waals surface area (Å²) in [5, 5.41) is 6.43. The fraction of sp³-hybridized carbons (Fsp3) is 0.462. The minimum absolute atomic E-state index is 0.487. The van der Waals surface area contributed by atoms with Gasteiger partial charge in [0.15, 0.2) is 0 Å². The molecule has 4 heteroatoms. The van der Waals surface area contributed by atoms with Gasteiger partial charge in [-0.2, -0.15) is 16.9 Å². The van der Waals surface area contributed by atoms with Crippen molar-refractivity contribution >= 4 is 22.7 Å². The minimum atomic E-state index is 0.487. The maximum Gasteiger partial charge on any atom is 0.0802 e. The molecule has 1 aromatic carbocycles. The highest BCUT2D eigenvalue weighted by atomic mass is 32.2. The lowest BCUT2D eigenvalue weighted by atomic mass is 10.2. The number of benzene rings is 1. The van der Waals surface area contributed by atoms with Crippen LogP contribution in [0, 0.1) is 0 Å². The van der Waals surface area contributed by atoms with Crippen molar-refractivity contribution in [1.82, 2.24) is 9.78 Å². The third-order valence-corrected chi connectivity index (χ3v) is 4.07. The number of fused-ring (bicyclic) bond motifs is 1. The Balaban J connectivity index is 2.28. The Kier molecular flexibility index (Phi) is 4.07. The van der Waals surface area contributed by atoms with Crippen LogP contribution in [0.4, 0.5) is 0 Å². The van der Waals surface area contributed by atoms with E-state index < -0.39 is 0 Å². The molecule has 0 saturated heterocycles. The molecule has 2 rings (SSSR count). The highest BCUT2D eigenvalue weighted by molar-refractivity contribution is 7.99. The lowest BCUT2D eigenvalue weighted by Gasteiger charge is -2.05. The molecule has 0 amide bonds. The van der Waals surface area contributed by atoms with Gasteiger partial charge in [0, 0.05) is 29.5 Å². The number of rotatable bonds is 5. The lowest BCUT2D eigenvalue weighted by molar-refractivity contribution is 0.675. The smallest absolute Gasteiger partial charge is 0.0802 e. The van der Waals surface area contributed by atoms with Crippen molar-refractivity contribution < 1.29 is 0 Å². The Morgan fingerprint density at radius 3 is 2.88 bits per heavy atom. The molecule has 1 aromatic heterocycles. The molecule has 17 heavy (non-hydrogen) atoms. The number of hydrogen-bond donors (Lipinski definition) is 1. The van der Waals surface area contributed by atoms with Crippen LogP contribution in [0.15, 0.2) is 24.3 Å². The molecule has 1 unspecified atom stereocenters. The average molecular weight is 249 g/mol. The summed E-state index contributed by atoms with van der Waals surface area (Å²) in [4.78, 5) is 0. The molecule has 0 spiro atoms. The zero-order chi connectivity index (χ0) is 12.3. The number of aromatic nitrogens is 2. The zero-order valence-electron chi connectivity index (χ0n) is 10.4. The lowest BCUT2D eigenvalue weighted by Crippen LogP contribution is -2.12. The van der Waals surface area contributed by atoms with E-state index >= 15 is 0 Å². The summed E-state index contributed by atoms with van der Waals surface area (Å²) in [5.41, 5.74) is 8.04. The van der Waals surface area contributed by atoms with Crippen LogP contribution in [0.3, 0.4) is 0 Å². The van der Waals surface area contributed by atoms with Crippen molar-refractivity contribution in [2.24, 2.45) is 5.73 Å². The van der Waals surface area contributed by atoms with Crippen LogP contribution in [-0.2, 0) is 12.3 Å². The molecule has 0 radical (unpaired) electrons. The highest BCUT2D eigenvalue weighted by Gasteiger charge is 2.10. The van der Waals surface area contributed by atoms with Gasteiger partial charge in [0.2, 0.25) is 0 Å². The molecule has 1 heterocycles. The minimum Gasteiger partial charge on any atom is -0.329 e. The molecule has 0 fully saturated rings. The number of thioether (sulfide) groups is 1. The number of nitrogens with two attached hydrogens (primary N) is 1. The Morgan fingerprint density at radius 2 is 2.18 bits per heavy atom. The number of aryl methyl sites for hydroxylation is 1. The van der Waals surface area contributed by atoms with E-state index in [1.165, 1.54) is 16.6 Å². The summed E-state index contributed by atoms with van der Waals surface area (Å²) in [7, 11) is 0. The molecule has 1 atom stereocenters. The number of nitrogens with zero attached hydrogens (tertiary/aromatic N) is 2. The zero-order valence-corrected chi connectivity index (χ0v) is 11.2. The van der Waals surface area contributed by atoms with Crippen LogP contribution < -0.4 is 5.73 Å². The highest BCUT2D eigenvalue weighted by Crippen LogP contribution is 2.24. The molecule has 2 N–H and O–H groups in total. The van der Waals surface area contributed by atoms with E-state index in [9.17, 15) is 0 Å². The van der Waals surface area contributed by atoms with E-state index in [1.807, 2.05) is 11.8 Å². The average Bonchev–Trinajstić information content (AvgIpc) is 2.74. The van der Waals surface area contributed by atoms with Crippen molar-refractivity contribution in [3.8, 4) is 0 Å². The molecular weight excluding hydrogens is 230 g/mol. The number of para-hydroxylation sites is 1. The van der Waals surface area contributed by atoms with Crippen LogP contribution in [0.5, 0.6) is 0 Å². The maximum atomic E-state index is 5.63. The van der Waals surface area contributed by atoms with E-state index in [-0.39, 0.29) is 0 Å². The Bertz CT molecular complexity index is 492. The van der Waals surface area contributed by atoms with Gasteiger partial charge in [0.05, 0.1) is 11.2 Å². The largest absolute Gasteiger partial charge is 0.329 e. The van der Waals surface area contributed by atoms with Crippen LogP contribution in [0.1, 0.15) is 19.5 Å². The monoisotopic (exact) mass is 249 g/mol. The van der Waals surface area contributed by atoms with Crippen molar-refractivity contribution in [2.75, 3.05) is 6.54 Å². The van der Waals surface area contributed by atoms with Gasteiger partial charge >= 0.3 is 0 Å². The first-order valence-corrected chi connectivity index (χ1v) is 7.07. The standard InChI is InChI=1S/C13H19N3S/c1-3-16-13-7-5-4-6-11(13)12(15-16)9-17-10(2)8-14/h4-7,10H,3,8-9,14H2,1-2H3. The summed E-state index contributed by atoms with van der Waals surface area (Å²) in [6.07, 6.45) is 0. The van der Waals surface area contributed by atoms with Crippen LogP contribution >= 0.6 is 11.8 Å². The molecule has 0 aliphatic rings. The SMILES string of the molecule is CCn1nc(CSC(C)CN)c2ccccc21. The predicted octanol–water partition coefficient (Wildman–Crippen LogP) is 2.64. The summed E-state index contributed by atoms with van der Waals surface area (Å²) in [5.74, 6) is 0.936. The van der Waals surface area contributed by atoms with Crippen LogP contribution in [-0.4, -0.2) is 21.6 Å². The van der Waals surface area contributed by atoms with Gasteiger partial charge in [-0.15, -0.1) is 0 Å². The molecule has 92 valence electrons. The second-order valence-corrected chi connectivity index (χ2v) is 5.56. The summed E-state index contributed by atoms with van der Waals surface area (Å²) < 4.78 is 2.07. The summed E-state index contributed by atoms with van der Waals surface area (Å²) >= 11 is 1.87. The van der Waals surface area contributed by atoms with Crippen LogP contribution in [0.2, 0.25) is 0 Å². The van der Waals surface area contributed by atoms with Crippen molar-refractivity contribution in [2.45, 2.75) is 31.4 Å². The van der Waals surface area contributed by atoms with E-state index in [0.717, 1.165) is 18.8 Å². The first kappa shape index (κ1) is 12.5. The Morgan fingerprint density at radius 1 is 1.41 bits per heavy atom. The molecular formula is C13H19N3S. The number of hydrogen-bond acceptors (Lipinski definition) is 3. The molecule has 0 saturated carbocycles. The molecule has 3 nitrogen and oxygen atoms in total. The quantitative estimate of drug-likeness (QED) is 0.886. The Labute approximate surface area is 106 Å². The van der Waals surface area contributed by atoms with Gasteiger partial charge in [-0.25, -0.2) is 0 Å². The predicted molar refractivity (Wildman–Crippen MR) is 75.2 cm³/mol. The summed E-state index contributed by atoms with van der Waals surface area (Å²) in [6.45, 7) is 5.91. The van der Waals surface area contributed by atoms with Gasteiger partial charge in [-0.3, -0.25) is 4.68 Å². The molecule has 0 bridgehead atoms. The molecule has 0 aliphatic heterocycles. The normalized spacial score (nSPS) is 13.1. The van der Waals surface area contributed by atoms with Crippen molar-refractivity contribution in [3.63, 3.8) is 0 Å². The fourth-order valence-corrected chi connectivity index (χ4v) is 2.62. The van der Waals surface area contributed by atoms with E-state index in [1.54, 1.807) is 0 Å². The van der Waals surface area contributed by atoms with Gasteiger partial charge < -0.3 is 5.73 Å². The van der Waals surface area contributed by atoms with E-state index in [4.69, 9.17) is 5.73 Å².